The monoisotopic (exact) mass is 344 g/mol. The van der Waals surface area contributed by atoms with Crippen molar-refractivity contribution in [3.05, 3.63) is 83.4 Å². The van der Waals surface area contributed by atoms with Crippen molar-refractivity contribution < 1.29 is 0 Å². The van der Waals surface area contributed by atoms with Gasteiger partial charge in [0.15, 0.2) is 0 Å². The van der Waals surface area contributed by atoms with Crippen LogP contribution in [0.3, 0.4) is 0 Å². The number of fused-ring (bicyclic) bond motifs is 3. The van der Waals surface area contributed by atoms with Gasteiger partial charge < -0.3 is 0 Å². The Balaban J connectivity index is 1.73. The number of benzene rings is 3. The van der Waals surface area contributed by atoms with Crippen molar-refractivity contribution in [3.8, 4) is 0 Å². The third-order valence-corrected chi connectivity index (χ3v) is 5.87. The van der Waals surface area contributed by atoms with Crippen LogP contribution in [-0.4, -0.2) is 0 Å². The highest BCUT2D eigenvalue weighted by Gasteiger charge is 2.12. The standard InChI is InChI=1S/C24H24S/c1-24(2,3)16-18-9-6-8-17(14-18)15-19-10-7-12-21-20-11-4-5-13-22(20)25-23(19)21/h4-14H,15-16H2,1-3H3. The smallest absolute Gasteiger partial charge is 0.0390 e. The van der Waals surface area contributed by atoms with E-state index in [1.807, 2.05) is 11.3 Å². The number of hydrogen-bond donors (Lipinski definition) is 0. The van der Waals surface area contributed by atoms with Crippen LogP contribution in [0.2, 0.25) is 0 Å². The van der Waals surface area contributed by atoms with E-state index in [0.29, 0.717) is 5.41 Å². The van der Waals surface area contributed by atoms with Crippen molar-refractivity contribution in [2.75, 3.05) is 0 Å². The minimum Gasteiger partial charge on any atom is -0.135 e. The Kier molecular flexibility index (Phi) is 4.13. The summed E-state index contributed by atoms with van der Waals surface area (Å²) in [6.07, 6.45) is 2.12. The lowest BCUT2D eigenvalue weighted by Gasteiger charge is -2.18. The average molecular weight is 345 g/mol. The molecule has 0 unspecified atom stereocenters. The van der Waals surface area contributed by atoms with Gasteiger partial charge in [-0.2, -0.15) is 0 Å². The summed E-state index contributed by atoms with van der Waals surface area (Å²) in [5.41, 5.74) is 4.61. The lowest BCUT2D eigenvalue weighted by molar-refractivity contribution is 0.411. The molecule has 0 N–H and O–H groups in total. The van der Waals surface area contributed by atoms with Crippen molar-refractivity contribution >= 4 is 31.5 Å². The molecule has 0 aliphatic rings. The molecule has 0 radical (unpaired) electrons. The quantitative estimate of drug-likeness (QED) is 0.367. The van der Waals surface area contributed by atoms with Crippen molar-refractivity contribution in [1.82, 2.24) is 0 Å². The SMILES string of the molecule is CC(C)(C)Cc1cccc(Cc2cccc3c2sc2ccccc23)c1. The highest BCUT2D eigenvalue weighted by atomic mass is 32.1. The van der Waals surface area contributed by atoms with E-state index in [1.54, 1.807) is 0 Å². The summed E-state index contributed by atoms with van der Waals surface area (Å²) in [5, 5.41) is 2.77. The molecule has 0 aliphatic heterocycles. The van der Waals surface area contributed by atoms with Crippen molar-refractivity contribution in [3.63, 3.8) is 0 Å². The fourth-order valence-electron chi connectivity index (χ4n) is 3.63. The Hall–Kier alpha value is -2.12. The lowest BCUT2D eigenvalue weighted by atomic mass is 9.87. The van der Waals surface area contributed by atoms with Crippen LogP contribution in [-0.2, 0) is 12.8 Å². The molecule has 0 atom stereocenters. The maximum atomic E-state index is 2.39. The summed E-state index contributed by atoms with van der Waals surface area (Å²) >= 11 is 1.92. The van der Waals surface area contributed by atoms with E-state index in [4.69, 9.17) is 0 Å². The number of rotatable bonds is 3. The minimum atomic E-state index is 0.324. The zero-order chi connectivity index (χ0) is 17.4. The molecule has 0 bridgehead atoms. The summed E-state index contributed by atoms with van der Waals surface area (Å²) in [5.74, 6) is 0. The van der Waals surface area contributed by atoms with E-state index in [1.165, 1.54) is 36.9 Å². The summed E-state index contributed by atoms with van der Waals surface area (Å²) in [6, 6.07) is 24.6. The molecule has 1 heterocycles. The second-order valence-electron chi connectivity index (χ2n) is 8.13. The van der Waals surface area contributed by atoms with Crippen LogP contribution in [0.1, 0.15) is 37.5 Å². The molecule has 0 saturated heterocycles. The Morgan fingerprint density at radius 1 is 0.760 bits per heavy atom. The first kappa shape index (κ1) is 16.4. The first-order valence-electron chi connectivity index (χ1n) is 8.97. The molecule has 0 saturated carbocycles. The normalized spacial score (nSPS) is 12.1. The third kappa shape index (κ3) is 3.48. The van der Waals surface area contributed by atoms with Crippen molar-refractivity contribution in [2.45, 2.75) is 33.6 Å². The zero-order valence-electron chi connectivity index (χ0n) is 15.2. The molecular weight excluding hydrogens is 320 g/mol. The lowest BCUT2D eigenvalue weighted by Crippen LogP contribution is -2.09. The highest BCUT2D eigenvalue weighted by Crippen LogP contribution is 2.36. The van der Waals surface area contributed by atoms with Gasteiger partial charge in [-0.1, -0.05) is 81.4 Å². The third-order valence-electron chi connectivity index (χ3n) is 4.61. The summed E-state index contributed by atoms with van der Waals surface area (Å²) in [6.45, 7) is 6.91. The predicted molar refractivity (Wildman–Crippen MR) is 112 cm³/mol. The molecular formula is C24H24S. The molecule has 1 aromatic heterocycles. The maximum absolute atomic E-state index is 2.39. The average Bonchev–Trinajstić information content (AvgIpc) is 2.94. The fourth-order valence-corrected chi connectivity index (χ4v) is 4.84. The van der Waals surface area contributed by atoms with E-state index in [2.05, 4.69) is 87.5 Å². The molecule has 25 heavy (non-hydrogen) atoms. The van der Waals surface area contributed by atoms with Gasteiger partial charge in [0.05, 0.1) is 0 Å². The van der Waals surface area contributed by atoms with Crippen LogP contribution in [0.4, 0.5) is 0 Å². The van der Waals surface area contributed by atoms with Crippen LogP contribution in [0, 0.1) is 5.41 Å². The molecule has 0 amide bonds. The van der Waals surface area contributed by atoms with E-state index >= 15 is 0 Å². The Bertz CT molecular complexity index is 1030. The van der Waals surface area contributed by atoms with Crippen LogP contribution < -0.4 is 0 Å². The van der Waals surface area contributed by atoms with Gasteiger partial charge in [0.1, 0.15) is 0 Å². The van der Waals surface area contributed by atoms with Crippen LogP contribution in [0.5, 0.6) is 0 Å². The fraction of sp³-hybridized carbons (Fsp3) is 0.250. The molecule has 4 aromatic rings. The summed E-state index contributed by atoms with van der Waals surface area (Å²) in [7, 11) is 0. The Morgan fingerprint density at radius 2 is 1.48 bits per heavy atom. The van der Waals surface area contributed by atoms with Gasteiger partial charge >= 0.3 is 0 Å². The van der Waals surface area contributed by atoms with Gasteiger partial charge in [-0.15, -0.1) is 11.3 Å². The van der Waals surface area contributed by atoms with Crippen LogP contribution >= 0.6 is 11.3 Å². The predicted octanol–water partition coefficient (Wildman–Crippen LogP) is 7.23. The van der Waals surface area contributed by atoms with Crippen molar-refractivity contribution in [1.29, 1.82) is 0 Å². The van der Waals surface area contributed by atoms with E-state index in [9.17, 15) is 0 Å². The highest BCUT2D eigenvalue weighted by molar-refractivity contribution is 7.26. The second-order valence-corrected chi connectivity index (χ2v) is 9.18. The largest absolute Gasteiger partial charge is 0.135 e. The van der Waals surface area contributed by atoms with E-state index in [-0.39, 0.29) is 0 Å². The van der Waals surface area contributed by atoms with Crippen LogP contribution in [0.25, 0.3) is 20.2 Å². The zero-order valence-corrected chi connectivity index (χ0v) is 16.0. The molecule has 0 spiro atoms. The summed E-state index contributed by atoms with van der Waals surface area (Å²) < 4.78 is 2.82. The second kappa shape index (κ2) is 6.31. The van der Waals surface area contributed by atoms with Gasteiger partial charge in [0.2, 0.25) is 0 Å². The number of hydrogen-bond acceptors (Lipinski definition) is 1. The maximum Gasteiger partial charge on any atom is 0.0390 e. The number of thiophene rings is 1. The van der Waals surface area contributed by atoms with Gasteiger partial charge in [-0.3, -0.25) is 0 Å². The molecule has 126 valence electrons. The Labute approximate surface area is 154 Å². The molecule has 0 fully saturated rings. The van der Waals surface area contributed by atoms with Gasteiger partial charge in [-0.25, -0.2) is 0 Å². The van der Waals surface area contributed by atoms with E-state index < -0.39 is 0 Å². The molecule has 0 aliphatic carbocycles. The molecule has 4 rings (SSSR count). The van der Waals surface area contributed by atoms with Gasteiger partial charge in [0, 0.05) is 20.2 Å². The van der Waals surface area contributed by atoms with E-state index in [0.717, 1.165) is 12.8 Å². The first-order valence-corrected chi connectivity index (χ1v) is 9.78. The Morgan fingerprint density at radius 3 is 2.32 bits per heavy atom. The first-order chi connectivity index (χ1) is 12.0. The van der Waals surface area contributed by atoms with Crippen LogP contribution in [0.15, 0.2) is 66.7 Å². The van der Waals surface area contributed by atoms with Crippen molar-refractivity contribution in [2.24, 2.45) is 5.41 Å². The van der Waals surface area contributed by atoms with Gasteiger partial charge in [-0.05, 0) is 41.0 Å². The summed E-state index contributed by atoms with van der Waals surface area (Å²) in [4.78, 5) is 0. The topological polar surface area (TPSA) is 0 Å². The van der Waals surface area contributed by atoms with Gasteiger partial charge in [0.25, 0.3) is 0 Å². The minimum absolute atomic E-state index is 0.324. The molecule has 0 nitrogen and oxygen atoms in total. The molecule has 1 heteroatoms. The molecule has 3 aromatic carbocycles.